The molecule has 0 spiro atoms. The summed E-state index contributed by atoms with van der Waals surface area (Å²) in [6.45, 7) is 2.02. The van der Waals surface area contributed by atoms with Crippen LogP contribution in [0.15, 0.2) is 18.2 Å². The van der Waals surface area contributed by atoms with Gasteiger partial charge >= 0.3 is 0 Å². The van der Waals surface area contributed by atoms with E-state index in [-0.39, 0.29) is 12.0 Å². The molecule has 0 heterocycles. The number of aliphatic hydroxyl groups excluding tert-OH is 1. The highest BCUT2D eigenvalue weighted by Crippen LogP contribution is 2.40. The Morgan fingerprint density at radius 1 is 1.38 bits per heavy atom. The summed E-state index contributed by atoms with van der Waals surface area (Å²) in [7, 11) is 0. The number of halogens is 1. The molecule has 1 aliphatic carbocycles. The number of hydrogen-bond donors (Lipinski definition) is 1. The van der Waals surface area contributed by atoms with E-state index in [0.717, 1.165) is 23.4 Å². The van der Waals surface area contributed by atoms with Crippen LogP contribution in [0.4, 0.5) is 0 Å². The highest BCUT2D eigenvalue weighted by atomic mass is 35.5. The van der Waals surface area contributed by atoms with Gasteiger partial charge in [-0.2, -0.15) is 0 Å². The molecule has 2 rings (SSSR count). The average molecular weight is 197 g/mol. The fourth-order valence-corrected chi connectivity index (χ4v) is 2.15. The van der Waals surface area contributed by atoms with Gasteiger partial charge in [0.05, 0.1) is 6.10 Å². The lowest BCUT2D eigenvalue weighted by Crippen LogP contribution is -2.29. The Balaban J connectivity index is 2.30. The molecule has 2 heteroatoms. The maximum absolute atomic E-state index is 9.50. The zero-order valence-electron chi connectivity index (χ0n) is 7.63. The largest absolute Gasteiger partial charge is 0.392 e. The monoisotopic (exact) mass is 196 g/mol. The van der Waals surface area contributed by atoms with Gasteiger partial charge in [-0.1, -0.05) is 23.7 Å². The third-order valence-electron chi connectivity index (χ3n) is 2.79. The van der Waals surface area contributed by atoms with Crippen LogP contribution in [0.5, 0.6) is 0 Å². The van der Waals surface area contributed by atoms with Gasteiger partial charge in [-0.3, -0.25) is 0 Å². The van der Waals surface area contributed by atoms with Gasteiger partial charge in [0.2, 0.25) is 0 Å². The Morgan fingerprint density at radius 3 is 2.62 bits per heavy atom. The third kappa shape index (κ3) is 1.59. The van der Waals surface area contributed by atoms with Crippen LogP contribution in [-0.4, -0.2) is 11.2 Å². The Hall–Kier alpha value is -0.530. The molecule has 1 aromatic carbocycles. The van der Waals surface area contributed by atoms with Gasteiger partial charge in [0.25, 0.3) is 0 Å². The highest BCUT2D eigenvalue weighted by Gasteiger charge is 2.31. The second-order valence-electron chi connectivity index (χ2n) is 3.78. The van der Waals surface area contributed by atoms with Gasteiger partial charge < -0.3 is 5.11 Å². The van der Waals surface area contributed by atoms with Gasteiger partial charge in [0, 0.05) is 10.9 Å². The van der Waals surface area contributed by atoms with Crippen molar-refractivity contribution in [1.82, 2.24) is 0 Å². The van der Waals surface area contributed by atoms with Gasteiger partial charge in [-0.05, 0) is 37.0 Å². The van der Waals surface area contributed by atoms with Crippen LogP contribution in [0.25, 0.3) is 0 Å². The predicted molar refractivity (Wildman–Crippen MR) is 54.2 cm³/mol. The summed E-state index contributed by atoms with van der Waals surface area (Å²) in [4.78, 5) is 0. The van der Waals surface area contributed by atoms with Crippen molar-refractivity contribution < 1.29 is 5.11 Å². The van der Waals surface area contributed by atoms with Crippen LogP contribution in [0.1, 0.15) is 29.9 Å². The van der Waals surface area contributed by atoms with E-state index >= 15 is 0 Å². The molecule has 1 nitrogen and oxygen atoms in total. The molecule has 1 N–H and O–H groups in total. The van der Waals surface area contributed by atoms with Crippen molar-refractivity contribution in [3.05, 3.63) is 34.3 Å². The summed E-state index contributed by atoms with van der Waals surface area (Å²) in [6, 6.07) is 6.04. The van der Waals surface area contributed by atoms with E-state index in [2.05, 4.69) is 0 Å². The molecule has 2 atom stereocenters. The molecule has 13 heavy (non-hydrogen) atoms. The van der Waals surface area contributed by atoms with E-state index in [0.29, 0.717) is 0 Å². The molecule has 0 aromatic heterocycles. The molecule has 70 valence electrons. The quantitative estimate of drug-likeness (QED) is 0.733. The first kappa shape index (κ1) is 9.04. The van der Waals surface area contributed by atoms with Crippen LogP contribution < -0.4 is 0 Å². The highest BCUT2D eigenvalue weighted by molar-refractivity contribution is 6.31. The summed E-state index contributed by atoms with van der Waals surface area (Å²) in [5.74, 6) is 0.271. The SMILES string of the molecule is Cc1ccc(C2CCC2O)c(Cl)c1. The van der Waals surface area contributed by atoms with Gasteiger partial charge in [0.15, 0.2) is 0 Å². The second-order valence-corrected chi connectivity index (χ2v) is 4.18. The molecule has 0 aliphatic heterocycles. The summed E-state index contributed by atoms with van der Waals surface area (Å²) in [6.07, 6.45) is 1.79. The number of aliphatic hydroxyl groups is 1. The maximum atomic E-state index is 9.50. The minimum absolute atomic E-state index is 0.180. The Labute approximate surface area is 83.3 Å². The summed E-state index contributed by atoms with van der Waals surface area (Å²) < 4.78 is 0. The van der Waals surface area contributed by atoms with Crippen LogP contribution in [0.3, 0.4) is 0 Å². The first-order chi connectivity index (χ1) is 6.18. The van der Waals surface area contributed by atoms with Gasteiger partial charge in [-0.15, -0.1) is 0 Å². The molecule has 2 unspecified atom stereocenters. The lowest BCUT2D eigenvalue weighted by Gasteiger charge is -2.33. The Morgan fingerprint density at radius 2 is 2.15 bits per heavy atom. The summed E-state index contributed by atoms with van der Waals surface area (Å²) in [5, 5.41) is 10.3. The first-order valence-electron chi connectivity index (χ1n) is 4.62. The molecule has 1 aromatic rings. The van der Waals surface area contributed by atoms with Crippen molar-refractivity contribution in [3.63, 3.8) is 0 Å². The van der Waals surface area contributed by atoms with Crippen LogP contribution in [0.2, 0.25) is 5.02 Å². The molecule has 1 aliphatic rings. The van der Waals surface area contributed by atoms with Crippen molar-refractivity contribution >= 4 is 11.6 Å². The zero-order valence-corrected chi connectivity index (χ0v) is 8.38. The van der Waals surface area contributed by atoms with Gasteiger partial charge in [-0.25, -0.2) is 0 Å². The number of benzene rings is 1. The fourth-order valence-electron chi connectivity index (χ4n) is 1.78. The smallest absolute Gasteiger partial charge is 0.0609 e. The lowest BCUT2D eigenvalue weighted by atomic mass is 9.77. The molecular formula is C11H13ClO. The first-order valence-corrected chi connectivity index (χ1v) is 5.00. The molecule has 0 bridgehead atoms. The number of rotatable bonds is 1. The molecular weight excluding hydrogens is 184 g/mol. The minimum atomic E-state index is -0.180. The van der Waals surface area contributed by atoms with Crippen LogP contribution >= 0.6 is 11.6 Å². The predicted octanol–water partition coefficient (Wildman–Crippen LogP) is 2.89. The van der Waals surface area contributed by atoms with E-state index in [1.807, 2.05) is 25.1 Å². The minimum Gasteiger partial charge on any atom is -0.392 e. The maximum Gasteiger partial charge on any atom is 0.0609 e. The lowest BCUT2D eigenvalue weighted by molar-refractivity contribution is 0.0662. The summed E-state index contributed by atoms with van der Waals surface area (Å²) in [5.41, 5.74) is 2.27. The molecule has 0 saturated heterocycles. The van der Waals surface area contributed by atoms with Gasteiger partial charge in [0.1, 0.15) is 0 Å². The van der Waals surface area contributed by atoms with E-state index < -0.39 is 0 Å². The van der Waals surface area contributed by atoms with Crippen molar-refractivity contribution in [1.29, 1.82) is 0 Å². The second kappa shape index (κ2) is 3.32. The Kier molecular flexibility index (Phi) is 2.31. The van der Waals surface area contributed by atoms with E-state index in [4.69, 9.17) is 11.6 Å². The van der Waals surface area contributed by atoms with E-state index in [1.54, 1.807) is 0 Å². The molecule has 1 saturated carbocycles. The van der Waals surface area contributed by atoms with Crippen molar-refractivity contribution in [2.24, 2.45) is 0 Å². The normalized spacial score (nSPS) is 27.0. The standard InChI is InChI=1S/C11H13ClO/c1-7-2-3-8(10(12)6-7)9-4-5-11(9)13/h2-3,6,9,11,13H,4-5H2,1H3. The average Bonchev–Trinajstić information content (AvgIpc) is 2.07. The number of aryl methyl sites for hydroxylation is 1. The zero-order chi connectivity index (χ0) is 9.42. The topological polar surface area (TPSA) is 20.2 Å². The van der Waals surface area contributed by atoms with Crippen LogP contribution in [-0.2, 0) is 0 Å². The molecule has 0 radical (unpaired) electrons. The van der Waals surface area contributed by atoms with Crippen molar-refractivity contribution in [3.8, 4) is 0 Å². The summed E-state index contributed by atoms with van der Waals surface area (Å²) >= 11 is 6.09. The fraction of sp³-hybridized carbons (Fsp3) is 0.455. The molecule has 1 fully saturated rings. The van der Waals surface area contributed by atoms with Crippen LogP contribution in [0, 0.1) is 6.92 Å². The Bertz CT molecular complexity index is 322. The van der Waals surface area contributed by atoms with E-state index in [1.165, 1.54) is 5.56 Å². The van der Waals surface area contributed by atoms with Crippen molar-refractivity contribution in [2.75, 3.05) is 0 Å². The molecule has 0 amide bonds. The third-order valence-corrected chi connectivity index (χ3v) is 3.12. The van der Waals surface area contributed by atoms with Crippen molar-refractivity contribution in [2.45, 2.75) is 31.8 Å². The van der Waals surface area contributed by atoms with E-state index in [9.17, 15) is 5.11 Å². The number of hydrogen-bond acceptors (Lipinski definition) is 1.